The Hall–Kier alpha value is -3.68. The molecule has 28 heavy (non-hydrogen) atoms. The summed E-state index contributed by atoms with van der Waals surface area (Å²) in [5, 5.41) is 8.19. The molecular formula is C20H13F3N4O. The number of benzene rings is 2. The highest BCUT2D eigenvalue weighted by Crippen LogP contribution is 2.33. The van der Waals surface area contributed by atoms with E-state index in [0.29, 0.717) is 17.1 Å². The van der Waals surface area contributed by atoms with Crippen LogP contribution in [0, 0.1) is 0 Å². The van der Waals surface area contributed by atoms with Crippen LogP contribution in [0.3, 0.4) is 0 Å². The minimum Gasteiger partial charge on any atom is -0.424 e. The molecule has 0 unspecified atom stereocenters. The molecule has 0 N–H and O–H groups in total. The normalized spacial score (nSPS) is 11.4. The van der Waals surface area contributed by atoms with Gasteiger partial charge in [-0.2, -0.15) is 13.2 Å². The first-order valence-corrected chi connectivity index (χ1v) is 8.29. The Balaban J connectivity index is 1.79. The van der Waals surface area contributed by atoms with Gasteiger partial charge in [-0.1, -0.05) is 29.4 Å². The summed E-state index contributed by atoms with van der Waals surface area (Å²) in [6.07, 6.45) is -1.21. The molecule has 2 aromatic heterocycles. The minimum absolute atomic E-state index is 0.0112. The lowest BCUT2D eigenvalue weighted by Gasteiger charge is -2.12. The van der Waals surface area contributed by atoms with Gasteiger partial charge in [-0.15, -0.1) is 5.10 Å². The van der Waals surface area contributed by atoms with Crippen LogP contribution in [0.1, 0.15) is 5.56 Å². The predicted molar refractivity (Wildman–Crippen MR) is 96.1 cm³/mol. The van der Waals surface area contributed by atoms with Crippen molar-refractivity contribution in [3.63, 3.8) is 0 Å². The first-order valence-electron chi connectivity index (χ1n) is 8.29. The molecule has 0 amide bonds. The number of nitrogens with zero attached hydrogens (tertiary/aromatic N) is 4. The second-order valence-corrected chi connectivity index (χ2v) is 5.85. The van der Waals surface area contributed by atoms with Crippen LogP contribution >= 0.6 is 0 Å². The van der Waals surface area contributed by atoms with Crippen LogP contribution in [0.2, 0.25) is 0 Å². The molecule has 0 saturated carbocycles. The number of hydrogen-bond acceptors (Lipinski definition) is 4. The highest BCUT2D eigenvalue weighted by molar-refractivity contribution is 5.58. The van der Waals surface area contributed by atoms with Gasteiger partial charge in [0, 0.05) is 18.0 Å². The first-order chi connectivity index (χ1) is 13.5. The van der Waals surface area contributed by atoms with Crippen LogP contribution in [0.25, 0.3) is 17.1 Å². The van der Waals surface area contributed by atoms with Crippen molar-refractivity contribution >= 4 is 0 Å². The van der Waals surface area contributed by atoms with Gasteiger partial charge < -0.3 is 4.74 Å². The van der Waals surface area contributed by atoms with Crippen LogP contribution in [0.5, 0.6) is 11.8 Å². The maximum atomic E-state index is 13.0. The molecular weight excluding hydrogens is 369 g/mol. The lowest BCUT2D eigenvalue weighted by atomic mass is 10.2. The predicted octanol–water partition coefficient (Wildman–Crippen LogP) is 5.14. The summed E-state index contributed by atoms with van der Waals surface area (Å²) in [6.45, 7) is 0. The van der Waals surface area contributed by atoms with E-state index in [-0.39, 0.29) is 11.8 Å². The summed E-state index contributed by atoms with van der Waals surface area (Å²) >= 11 is 0. The topological polar surface area (TPSA) is 52.8 Å². The maximum Gasteiger partial charge on any atom is 0.416 e. The molecule has 4 rings (SSSR count). The van der Waals surface area contributed by atoms with E-state index in [1.165, 1.54) is 12.1 Å². The molecule has 0 bridgehead atoms. The molecule has 5 nitrogen and oxygen atoms in total. The van der Waals surface area contributed by atoms with Gasteiger partial charge in [0.2, 0.25) is 0 Å². The quantitative estimate of drug-likeness (QED) is 0.490. The van der Waals surface area contributed by atoms with Gasteiger partial charge in [0.1, 0.15) is 5.75 Å². The van der Waals surface area contributed by atoms with Gasteiger partial charge in [0.25, 0.3) is 0 Å². The molecule has 0 saturated heterocycles. The molecule has 0 aliphatic rings. The number of halogens is 3. The standard InChI is InChI=1S/C20H13F3N4O/c21-20(22,23)15-7-4-10-17(12-15)28-19-26-25-18(14-6-5-11-24-13-14)27(19)16-8-2-1-3-9-16/h1-13H. The van der Waals surface area contributed by atoms with E-state index < -0.39 is 11.7 Å². The molecule has 0 spiro atoms. The largest absolute Gasteiger partial charge is 0.424 e. The van der Waals surface area contributed by atoms with E-state index in [1.54, 1.807) is 23.0 Å². The number of alkyl halides is 3. The van der Waals surface area contributed by atoms with E-state index in [2.05, 4.69) is 15.2 Å². The van der Waals surface area contributed by atoms with E-state index >= 15 is 0 Å². The fourth-order valence-electron chi connectivity index (χ4n) is 2.67. The summed E-state index contributed by atoms with van der Waals surface area (Å²) < 4.78 is 46.2. The zero-order chi connectivity index (χ0) is 19.6. The van der Waals surface area contributed by atoms with E-state index in [0.717, 1.165) is 12.1 Å². The second kappa shape index (κ2) is 7.15. The number of ether oxygens (including phenoxy) is 1. The molecule has 0 fully saturated rings. The van der Waals surface area contributed by atoms with E-state index in [1.807, 2.05) is 36.4 Å². The summed E-state index contributed by atoms with van der Waals surface area (Å²) in [6, 6.07) is 17.4. The van der Waals surface area contributed by atoms with Gasteiger partial charge in [-0.05, 0) is 42.5 Å². The summed E-state index contributed by atoms with van der Waals surface area (Å²) in [4.78, 5) is 4.08. The highest BCUT2D eigenvalue weighted by atomic mass is 19.4. The molecule has 8 heteroatoms. The van der Waals surface area contributed by atoms with Gasteiger partial charge in [-0.3, -0.25) is 4.98 Å². The average Bonchev–Trinajstić information content (AvgIpc) is 3.12. The molecule has 2 aromatic carbocycles. The third-order valence-corrected chi connectivity index (χ3v) is 3.94. The Kier molecular flexibility index (Phi) is 4.52. The van der Waals surface area contributed by atoms with Gasteiger partial charge in [-0.25, -0.2) is 4.57 Å². The molecule has 0 aliphatic carbocycles. The number of aromatic nitrogens is 4. The molecule has 0 aliphatic heterocycles. The van der Waals surface area contributed by atoms with E-state index in [4.69, 9.17) is 4.74 Å². The Morgan fingerprint density at radius 3 is 2.39 bits per heavy atom. The minimum atomic E-state index is -4.46. The monoisotopic (exact) mass is 382 g/mol. The van der Waals surface area contributed by atoms with Gasteiger partial charge in [0.15, 0.2) is 5.82 Å². The Labute approximate surface area is 158 Å². The fraction of sp³-hybridized carbons (Fsp3) is 0.0500. The summed E-state index contributed by atoms with van der Waals surface area (Å²) in [5.41, 5.74) is 0.592. The summed E-state index contributed by atoms with van der Waals surface area (Å²) in [5.74, 6) is 0.471. The molecule has 0 radical (unpaired) electrons. The Morgan fingerprint density at radius 1 is 0.857 bits per heavy atom. The van der Waals surface area contributed by atoms with Crippen LogP contribution in [0.4, 0.5) is 13.2 Å². The van der Waals surface area contributed by atoms with Crippen molar-refractivity contribution in [3.05, 3.63) is 84.7 Å². The van der Waals surface area contributed by atoms with Crippen LogP contribution in [-0.4, -0.2) is 19.7 Å². The van der Waals surface area contributed by atoms with Gasteiger partial charge in [0.05, 0.1) is 11.3 Å². The van der Waals surface area contributed by atoms with Crippen LogP contribution < -0.4 is 4.74 Å². The van der Waals surface area contributed by atoms with E-state index in [9.17, 15) is 13.2 Å². The van der Waals surface area contributed by atoms with Crippen molar-refractivity contribution in [2.45, 2.75) is 6.18 Å². The fourth-order valence-corrected chi connectivity index (χ4v) is 2.67. The average molecular weight is 382 g/mol. The van der Waals surface area contributed by atoms with Crippen LogP contribution in [-0.2, 0) is 6.18 Å². The third-order valence-electron chi connectivity index (χ3n) is 3.94. The molecule has 0 atom stereocenters. The highest BCUT2D eigenvalue weighted by Gasteiger charge is 2.31. The first kappa shape index (κ1) is 17.7. The lowest BCUT2D eigenvalue weighted by Crippen LogP contribution is -2.05. The Bertz CT molecular complexity index is 1080. The summed E-state index contributed by atoms with van der Waals surface area (Å²) in [7, 11) is 0. The maximum absolute atomic E-state index is 13.0. The van der Waals surface area contributed by atoms with Crippen LogP contribution in [0.15, 0.2) is 79.1 Å². The molecule has 2 heterocycles. The van der Waals surface area contributed by atoms with Crippen molar-refractivity contribution in [1.82, 2.24) is 19.7 Å². The zero-order valence-electron chi connectivity index (χ0n) is 14.3. The van der Waals surface area contributed by atoms with Crippen molar-refractivity contribution in [1.29, 1.82) is 0 Å². The third kappa shape index (κ3) is 3.57. The lowest BCUT2D eigenvalue weighted by molar-refractivity contribution is -0.137. The Morgan fingerprint density at radius 2 is 1.68 bits per heavy atom. The smallest absolute Gasteiger partial charge is 0.416 e. The number of para-hydroxylation sites is 1. The number of hydrogen-bond donors (Lipinski definition) is 0. The molecule has 4 aromatic rings. The molecule has 140 valence electrons. The number of rotatable bonds is 4. The van der Waals surface area contributed by atoms with Crippen molar-refractivity contribution in [2.24, 2.45) is 0 Å². The van der Waals surface area contributed by atoms with Gasteiger partial charge >= 0.3 is 12.2 Å². The van der Waals surface area contributed by atoms with Crippen molar-refractivity contribution in [2.75, 3.05) is 0 Å². The van der Waals surface area contributed by atoms with Crippen molar-refractivity contribution < 1.29 is 17.9 Å². The zero-order valence-corrected chi connectivity index (χ0v) is 14.3. The van der Waals surface area contributed by atoms with Crippen molar-refractivity contribution in [3.8, 4) is 28.8 Å². The number of pyridine rings is 1. The second-order valence-electron chi connectivity index (χ2n) is 5.85. The SMILES string of the molecule is FC(F)(F)c1cccc(Oc2nnc(-c3cccnc3)n2-c2ccccc2)c1.